The van der Waals surface area contributed by atoms with Crippen molar-refractivity contribution in [1.29, 1.82) is 0 Å². The van der Waals surface area contributed by atoms with Gasteiger partial charge in [0, 0.05) is 12.8 Å². The van der Waals surface area contributed by atoms with Crippen LogP contribution in [0.3, 0.4) is 0 Å². The van der Waals surface area contributed by atoms with E-state index in [1.807, 2.05) is 5.32 Å². The number of carbonyl (C=O) groups is 12. The maximum atomic E-state index is 13.5. The second kappa shape index (κ2) is 26.7. The molecule has 0 aromatic heterocycles. The van der Waals surface area contributed by atoms with Crippen molar-refractivity contribution in [2.45, 2.75) is 134 Å². The summed E-state index contributed by atoms with van der Waals surface area (Å²) in [6.07, 6.45) is -4.29. The number of carbonyl (C=O) groups excluding carboxylic acids is 10. The Hall–Kier alpha value is -6.48. The summed E-state index contributed by atoms with van der Waals surface area (Å²) in [4.78, 5) is 149. The summed E-state index contributed by atoms with van der Waals surface area (Å²) < 4.78 is 0. The first-order valence-corrected chi connectivity index (χ1v) is 19.1. The molecule has 350 valence electrons. The normalized spacial score (nSPS) is 15.8. The van der Waals surface area contributed by atoms with E-state index >= 15 is 0 Å². The largest absolute Gasteiger partial charge is 0.481 e. The van der Waals surface area contributed by atoms with Crippen molar-refractivity contribution in [3.8, 4) is 0 Å². The Kier molecular flexibility index (Phi) is 23.9. The summed E-state index contributed by atoms with van der Waals surface area (Å²) >= 11 is 0. The van der Waals surface area contributed by atoms with Crippen LogP contribution in [0.15, 0.2) is 0 Å². The molecule has 0 bridgehead atoms. The van der Waals surface area contributed by atoms with E-state index in [4.69, 9.17) is 22.3 Å². The van der Waals surface area contributed by atoms with Crippen LogP contribution in [0.1, 0.15) is 73.6 Å². The molecule has 0 aliphatic carbocycles. The lowest BCUT2D eigenvalue weighted by Crippen LogP contribution is -2.62. The second-order valence-corrected chi connectivity index (χ2v) is 14.6. The fraction of sp³-hybridized carbons (Fsp3) is 0.657. The zero-order chi connectivity index (χ0) is 48.2. The molecule has 18 N–H and O–H groups in total. The standard InChI is InChI=1S/C35H59N11O16/c1-13(2)25(33(59)46-26(17(6)48)34(60)43-20(35(61)62)11-23(38)50)45-31(57)18(7-9-22(37)49)42-32(58)21(12-47)44-29(55)16(5)39-28(54)15(4)40-30(56)19(8-10-24(51)52)41-27(53)14(3)36/h13-21,25-26,47-48H,7-12,36H2,1-6H3,(H2,37,49)(H2,38,50)(H,39,54)(H,40,56)(H,41,53)(H,42,58)(H,43,60)(H,44,55)(H,45,57)(H,46,59)(H,51,52)(H,61,62). The minimum Gasteiger partial charge on any atom is -0.481 e. The van der Waals surface area contributed by atoms with E-state index in [2.05, 4.69) is 37.2 Å². The van der Waals surface area contributed by atoms with Gasteiger partial charge in [0.1, 0.15) is 48.3 Å². The van der Waals surface area contributed by atoms with Gasteiger partial charge in [-0.2, -0.15) is 0 Å². The zero-order valence-corrected chi connectivity index (χ0v) is 35.0. The van der Waals surface area contributed by atoms with E-state index in [9.17, 15) is 72.9 Å². The highest BCUT2D eigenvalue weighted by molar-refractivity contribution is 5.98. The van der Waals surface area contributed by atoms with Gasteiger partial charge < -0.3 is 80.2 Å². The van der Waals surface area contributed by atoms with E-state index < -0.39 is 170 Å². The van der Waals surface area contributed by atoms with E-state index in [0.717, 1.165) is 6.92 Å². The molecule has 0 fully saturated rings. The fourth-order valence-corrected chi connectivity index (χ4v) is 5.04. The molecule has 0 aromatic carbocycles. The summed E-state index contributed by atoms with van der Waals surface area (Å²) in [5, 5.41) is 56.2. The van der Waals surface area contributed by atoms with E-state index in [0.29, 0.717) is 0 Å². The van der Waals surface area contributed by atoms with Gasteiger partial charge in [-0.25, -0.2) is 4.79 Å². The molecule has 0 rings (SSSR count). The molecule has 0 spiro atoms. The molecule has 10 unspecified atom stereocenters. The van der Waals surface area contributed by atoms with Gasteiger partial charge in [-0.05, 0) is 46.5 Å². The van der Waals surface area contributed by atoms with Crippen LogP contribution in [0.4, 0.5) is 0 Å². The summed E-state index contributed by atoms with van der Waals surface area (Å²) in [5.41, 5.74) is 15.8. The molecule has 0 heterocycles. The van der Waals surface area contributed by atoms with Gasteiger partial charge in [0.15, 0.2) is 0 Å². The van der Waals surface area contributed by atoms with Gasteiger partial charge in [-0.3, -0.25) is 52.7 Å². The summed E-state index contributed by atoms with van der Waals surface area (Å²) in [7, 11) is 0. The molecular formula is C35H59N11O16. The number of aliphatic carboxylic acids is 2. The smallest absolute Gasteiger partial charge is 0.326 e. The minimum atomic E-state index is -1.81. The van der Waals surface area contributed by atoms with Crippen LogP contribution in [0.25, 0.3) is 0 Å². The topological polar surface area (TPSA) is 460 Å². The van der Waals surface area contributed by atoms with Crippen LogP contribution in [-0.2, 0) is 57.5 Å². The molecular weight excluding hydrogens is 830 g/mol. The number of aliphatic hydroxyl groups excluding tert-OH is 2. The summed E-state index contributed by atoms with van der Waals surface area (Å²) in [5.74, 6) is -13.9. The minimum absolute atomic E-state index is 0.347. The Morgan fingerprint density at radius 1 is 0.484 bits per heavy atom. The number of rotatable bonds is 28. The number of nitrogens with two attached hydrogens (primary N) is 3. The van der Waals surface area contributed by atoms with Crippen LogP contribution in [-0.4, -0.2) is 159 Å². The van der Waals surface area contributed by atoms with Crippen LogP contribution in [0.5, 0.6) is 0 Å². The Balaban J connectivity index is 5.91. The van der Waals surface area contributed by atoms with Crippen molar-refractivity contribution in [2.75, 3.05) is 6.61 Å². The van der Waals surface area contributed by atoms with Gasteiger partial charge in [-0.1, -0.05) is 13.8 Å². The lowest BCUT2D eigenvalue weighted by molar-refractivity contribution is -0.144. The number of carboxylic acid groups (broad SMARTS) is 2. The Morgan fingerprint density at radius 3 is 1.32 bits per heavy atom. The number of aliphatic hydroxyl groups is 2. The van der Waals surface area contributed by atoms with Crippen molar-refractivity contribution in [1.82, 2.24) is 42.5 Å². The highest BCUT2D eigenvalue weighted by Gasteiger charge is 2.36. The maximum Gasteiger partial charge on any atom is 0.326 e. The number of primary amides is 2. The predicted molar refractivity (Wildman–Crippen MR) is 211 cm³/mol. The first-order chi connectivity index (χ1) is 28.6. The van der Waals surface area contributed by atoms with E-state index in [1.54, 1.807) is 0 Å². The Morgan fingerprint density at radius 2 is 0.887 bits per heavy atom. The van der Waals surface area contributed by atoms with E-state index in [1.165, 1.54) is 34.6 Å². The van der Waals surface area contributed by atoms with Crippen LogP contribution >= 0.6 is 0 Å². The van der Waals surface area contributed by atoms with Gasteiger partial charge >= 0.3 is 11.9 Å². The highest BCUT2D eigenvalue weighted by Crippen LogP contribution is 2.08. The van der Waals surface area contributed by atoms with Crippen molar-refractivity contribution in [3.05, 3.63) is 0 Å². The SMILES string of the molecule is CC(N)C(=O)NC(CCC(=O)O)C(=O)NC(C)C(=O)NC(C)C(=O)NC(CO)C(=O)NC(CCC(N)=O)C(=O)NC(C(=O)NC(C(=O)NC(CC(N)=O)C(=O)O)C(C)O)C(C)C. The molecule has 10 atom stereocenters. The van der Waals surface area contributed by atoms with Gasteiger partial charge in [0.05, 0.1) is 25.2 Å². The molecule has 0 radical (unpaired) electrons. The third kappa shape index (κ3) is 20.2. The van der Waals surface area contributed by atoms with Crippen molar-refractivity contribution < 1.29 is 78.0 Å². The summed E-state index contributed by atoms with van der Waals surface area (Å²) in [6, 6.07) is -13.8. The monoisotopic (exact) mass is 889 g/mol. The van der Waals surface area contributed by atoms with Crippen molar-refractivity contribution >= 4 is 71.0 Å². The van der Waals surface area contributed by atoms with Gasteiger partial charge in [0.25, 0.3) is 0 Å². The van der Waals surface area contributed by atoms with Gasteiger partial charge in [-0.15, -0.1) is 0 Å². The molecule has 0 aromatic rings. The predicted octanol–water partition coefficient (Wildman–Crippen LogP) is -7.63. The average molecular weight is 890 g/mol. The van der Waals surface area contributed by atoms with Crippen LogP contribution < -0.4 is 59.7 Å². The second-order valence-electron chi connectivity index (χ2n) is 14.6. The summed E-state index contributed by atoms with van der Waals surface area (Å²) in [6.45, 7) is 6.63. The third-order valence-corrected chi connectivity index (χ3v) is 8.65. The Labute approximate surface area is 355 Å². The number of hydrogen-bond donors (Lipinski definition) is 15. The third-order valence-electron chi connectivity index (χ3n) is 8.65. The first-order valence-electron chi connectivity index (χ1n) is 19.1. The van der Waals surface area contributed by atoms with Crippen molar-refractivity contribution in [2.24, 2.45) is 23.1 Å². The Bertz CT molecular complexity index is 1670. The quantitative estimate of drug-likeness (QED) is 0.0347. The van der Waals surface area contributed by atoms with Crippen LogP contribution in [0.2, 0.25) is 0 Å². The van der Waals surface area contributed by atoms with Crippen LogP contribution in [0, 0.1) is 5.92 Å². The highest BCUT2D eigenvalue weighted by atomic mass is 16.4. The molecule has 0 aliphatic heterocycles. The molecule has 0 saturated carbocycles. The number of nitrogens with one attached hydrogen (secondary N) is 8. The lowest BCUT2D eigenvalue weighted by Gasteiger charge is -2.29. The number of carboxylic acids is 2. The molecule has 62 heavy (non-hydrogen) atoms. The molecule has 10 amide bonds. The molecule has 0 aliphatic rings. The molecule has 27 nitrogen and oxygen atoms in total. The van der Waals surface area contributed by atoms with Crippen molar-refractivity contribution in [3.63, 3.8) is 0 Å². The van der Waals surface area contributed by atoms with Gasteiger partial charge in [0.2, 0.25) is 59.1 Å². The maximum absolute atomic E-state index is 13.5. The fourth-order valence-electron chi connectivity index (χ4n) is 5.04. The first kappa shape index (κ1) is 55.5. The zero-order valence-electron chi connectivity index (χ0n) is 35.0. The number of hydrogen-bond acceptors (Lipinski definition) is 15. The number of amides is 10. The molecule has 0 saturated heterocycles. The average Bonchev–Trinajstić information content (AvgIpc) is 3.16. The lowest BCUT2D eigenvalue weighted by atomic mass is 10.0. The molecule has 27 heteroatoms. The van der Waals surface area contributed by atoms with E-state index in [-0.39, 0.29) is 6.42 Å².